The molecule has 1 aliphatic heterocycles. The van der Waals surface area contributed by atoms with E-state index in [1.54, 1.807) is 12.1 Å². The molecule has 2 aromatic carbocycles. The van der Waals surface area contributed by atoms with Crippen molar-refractivity contribution in [1.82, 2.24) is 9.62 Å². The Balaban J connectivity index is 1.71. The molecule has 0 bridgehead atoms. The maximum absolute atomic E-state index is 12.7. The number of ether oxygens (including phenoxy) is 1. The minimum Gasteiger partial charge on any atom is -0.379 e. The van der Waals surface area contributed by atoms with Crippen LogP contribution in [-0.4, -0.2) is 44.9 Å². The molecule has 0 aromatic heterocycles. The first-order chi connectivity index (χ1) is 13.4. The maximum Gasteiger partial charge on any atom is 0.251 e. The Bertz CT molecular complexity index is 908. The van der Waals surface area contributed by atoms with Crippen LogP contribution >= 0.6 is 15.9 Å². The Morgan fingerprint density at radius 1 is 1.11 bits per heavy atom. The molecule has 1 fully saturated rings. The second kappa shape index (κ2) is 9.17. The van der Waals surface area contributed by atoms with Gasteiger partial charge in [-0.1, -0.05) is 35.0 Å². The van der Waals surface area contributed by atoms with E-state index in [9.17, 15) is 13.2 Å². The largest absolute Gasteiger partial charge is 0.379 e. The van der Waals surface area contributed by atoms with E-state index in [2.05, 4.69) is 21.2 Å². The molecule has 2 aromatic rings. The Morgan fingerprint density at radius 2 is 1.71 bits per heavy atom. The van der Waals surface area contributed by atoms with Crippen LogP contribution in [0.1, 0.15) is 35.3 Å². The van der Waals surface area contributed by atoms with Crippen molar-refractivity contribution in [2.45, 2.75) is 24.3 Å². The average molecular weight is 467 g/mol. The monoisotopic (exact) mass is 466 g/mol. The van der Waals surface area contributed by atoms with Crippen LogP contribution in [-0.2, 0) is 14.8 Å². The van der Waals surface area contributed by atoms with Gasteiger partial charge in [-0.3, -0.25) is 4.79 Å². The minimum absolute atomic E-state index is 0.114. The summed E-state index contributed by atoms with van der Waals surface area (Å²) in [4.78, 5) is 12.8. The van der Waals surface area contributed by atoms with Crippen LogP contribution < -0.4 is 5.32 Å². The highest BCUT2D eigenvalue weighted by Crippen LogP contribution is 2.21. The zero-order valence-corrected chi connectivity index (χ0v) is 18.0. The van der Waals surface area contributed by atoms with Crippen molar-refractivity contribution in [2.75, 3.05) is 26.3 Å². The van der Waals surface area contributed by atoms with Crippen molar-refractivity contribution in [2.24, 2.45) is 0 Å². The smallest absolute Gasteiger partial charge is 0.251 e. The highest BCUT2D eigenvalue weighted by molar-refractivity contribution is 9.10. The van der Waals surface area contributed by atoms with Crippen molar-refractivity contribution in [3.63, 3.8) is 0 Å². The summed E-state index contributed by atoms with van der Waals surface area (Å²) < 4.78 is 32.9. The lowest BCUT2D eigenvalue weighted by molar-refractivity contribution is 0.0730. The second-order valence-corrected chi connectivity index (χ2v) is 9.38. The molecule has 28 heavy (non-hydrogen) atoms. The van der Waals surface area contributed by atoms with Crippen LogP contribution in [0.4, 0.5) is 0 Å². The molecule has 150 valence electrons. The van der Waals surface area contributed by atoms with E-state index in [1.807, 2.05) is 31.2 Å². The minimum atomic E-state index is -3.56. The summed E-state index contributed by atoms with van der Waals surface area (Å²) >= 11 is 3.41. The normalized spacial score (nSPS) is 16.5. The Kier molecular flexibility index (Phi) is 6.87. The number of morpholine rings is 1. The number of carbonyl (C=O) groups excluding carboxylic acids is 1. The summed E-state index contributed by atoms with van der Waals surface area (Å²) in [5.74, 6) is -0.231. The van der Waals surface area contributed by atoms with E-state index >= 15 is 0 Å². The highest BCUT2D eigenvalue weighted by atomic mass is 79.9. The molecule has 3 rings (SSSR count). The van der Waals surface area contributed by atoms with Crippen LogP contribution in [0.5, 0.6) is 0 Å². The molecule has 0 aliphatic carbocycles. The van der Waals surface area contributed by atoms with E-state index in [-0.39, 0.29) is 16.8 Å². The Hall–Kier alpha value is -1.74. The predicted molar refractivity (Wildman–Crippen MR) is 111 cm³/mol. The molecule has 1 saturated heterocycles. The van der Waals surface area contributed by atoms with Gasteiger partial charge in [0.25, 0.3) is 5.91 Å². The molecule has 6 nitrogen and oxygen atoms in total. The van der Waals surface area contributed by atoms with Gasteiger partial charge in [0, 0.05) is 23.1 Å². The first-order valence-corrected chi connectivity index (χ1v) is 11.4. The van der Waals surface area contributed by atoms with Crippen molar-refractivity contribution in [3.8, 4) is 0 Å². The van der Waals surface area contributed by atoms with E-state index in [0.29, 0.717) is 31.9 Å². The molecule has 0 radical (unpaired) electrons. The van der Waals surface area contributed by atoms with Gasteiger partial charge in [0.1, 0.15) is 0 Å². The second-order valence-electron chi connectivity index (χ2n) is 6.53. The number of nitrogens with zero attached hydrogens (tertiary/aromatic N) is 1. The fraction of sp³-hybridized carbons (Fsp3) is 0.350. The fourth-order valence-electron chi connectivity index (χ4n) is 3.07. The third-order valence-corrected chi connectivity index (χ3v) is 7.15. The number of halogens is 1. The van der Waals surface area contributed by atoms with Crippen LogP contribution in [0.3, 0.4) is 0 Å². The summed E-state index contributed by atoms with van der Waals surface area (Å²) in [5, 5.41) is 3.01. The highest BCUT2D eigenvalue weighted by Gasteiger charge is 2.26. The first kappa shape index (κ1) is 21.0. The summed E-state index contributed by atoms with van der Waals surface area (Å²) in [6, 6.07) is 13.8. The van der Waals surface area contributed by atoms with Gasteiger partial charge in [0.05, 0.1) is 24.2 Å². The number of hydrogen-bond acceptors (Lipinski definition) is 4. The molecule has 1 atom stereocenters. The third-order valence-electron chi connectivity index (χ3n) is 4.71. The summed E-state index contributed by atoms with van der Waals surface area (Å²) in [6.45, 7) is 3.49. The number of nitrogens with one attached hydrogen (secondary N) is 1. The Labute approximate surface area is 174 Å². The fourth-order valence-corrected chi connectivity index (χ4v) is 4.74. The molecule has 0 saturated carbocycles. The SMILES string of the molecule is CCC(NC(=O)c1ccc(S(=O)(=O)N2CCOCC2)cc1)c1ccc(Br)cc1. The van der Waals surface area contributed by atoms with E-state index in [4.69, 9.17) is 4.74 Å². The standard InChI is InChI=1S/C20H23BrN2O4S/c1-2-19(15-3-7-17(21)8-4-15)22-20(24)16-5-9-18(10-6-16)28(25,26)23-11-13-27-14-12-23/h3-10,19H,2,11-14H2,1H3,(H,22,24). The van der Waals surface area contributed by atoms with Gasteiger partial charge >= 0.3 is 0 Å². The summed E-state index contributed by atoms with van der Waals surface area (Å²) in [7, 11) is -3.56. The maximum atomic E-state index is 12.7. The van der Waals surface area contributed by atoms with Gasteiger partial charge < -0.3 is 10.1 Å². The Morgan fingerprint density at radius 3 is 2.29 bits per heavy atom. The molecule has 1 unspecified atom stereocenters. The molecule has 1 N–H and O–H groups in total. The van der Waals surface area contributed by atoms with Crippen LogP contribution in [0.15, 0.2) is 57.9 Å². The lowest BCUT2D eigenvalue weighted by Gasteiger charge is -2.26. The molecule has 1 amide bonds. The number of benzene rings is 2. The van der Waals surface area contributed by atoms with Crippen molar-refractivity contribution in [3.05, 3.63) is 64.1 Å². The molecule has 0 spiro atoms. The van der Waals surface area contributed by atoms with E-state index in [1.165, 1.54) is 16.4 Å². The quantitative estimate of drug-likeness (QED) is 0.707. The van der Waals surface area contributed by atoms with Crippen LogP contribution in [0, 0.1) is 0 Å². The van der Waals surface area contributed by atoms with Gasteiger partial charge in [-0.05, 0) is 48.4 Å². The molecular formula is C20H23BrN2O4S. The number of carbonyl (C=O) groups is 1. The number of amides is 1. The molecular weight excluding hydrogens is 444 g/mol. The predicted octanol–water partition coefficient (Wildman–Crippen LogP) is 3.35. The number of hydrogen-bond donors (Lipinski definition) is 1. The van der Waals surface area contributed by atoms with Gasteiger partial charge in [-0.25, -0.2) is 8.42 Å². The molecule has 1 heterocycles. The zero-order chi connectivity index (χ0) is 20.1. The van der Waals surface area contributed by atoms with Crippen LogP contribution in [0.25, 0.3) is 0 Å². The molecule has 1 aliphatic rings. The van der Waals surface area contributed by atoms with Gasteiger partial charge in [0.15, 0.2) is 0 Å². The van der Waals surface area contributed by atoms with Crippen molar-refractivity contribution >= 4 is 31.9 Å². The van der Waals surface area contributed by atoms with Crippen molar-refractivity contribution in [1.29, 1.82) is 0 Å². The third kappa shape index (κ3) is 4.81. The average Bonchev–Trinajstić information content (AvgIpc) is 2.73. The zero-order valence-electron chi connectivity index (χ0n) is 15.6. The summed E-state index contributed by atoms with van der Waals surface area (Å²) in [5.41, 5.74) is 1.45. The first-order valence-electron chi connectivity index (χ1n) is 9.16. The lowest BCUT2D eigenvalue weighted by atomic mass is 10.0. The summed E-state index contributed by atoms with van der Waals surface area (Å²) in [6.07, 6.45) is 0.747. The van der Waals surface area contributed by atoms with Crippen molar-refractivity contribution < 1.29 is 17.9 Å². The number of sulfonamides is 1. The molecule has 8 heteroatoms. The topological polar surface area (TPSA) is 75.7 Å². The van der Waals surface area contributed by atoms with E-state index in [0.717, 1.165) is 16.5 Å². The van der Waals surface area contributed by atoms with Gasteiger partial charge in [-0.2, -0.15) is 4.31 Å². The van der Waals surface area contributed by atoms with Gasteiger partial charge in [-0.15, -0.1) is 0 Å². The lowest BCUT2D eigenvalue weighted by Crippen LogP contribution is -2.40. The van der Waals surface area contributed by atoms with E-state index < -0.39 is 10.0 Å². The van der Waals surface area contributed by atoms with Gasteiger partial charge in [0.2, 0.25) is 10.0 Å². The number of rotatable bonds is 6. The van der Waals surface area contributed by atoms with Crippen LogP contribution in [0.2, 0.25) is 0 Å².